The monoisotopic (exact) mass is 979 g/mol. The molecule has 0 amide bonds. The Hall–Kier alpha value is -8.28. The van der Waals surface area contributed by atoms with E-state index in [9.17, 15) is 0 Å². The second kappa shape index (κ2) is 18.9. The fourth-order valence-electron chi connectivity index (χ4n) is 10.6. The zero-order valence-corrected chi connectivity index (χ0v) is 45.0. The van der Waals surface area contributed by atoms with Gasteiger partial charge in [0.25, 0.3) is 6.33 Å². The van der Waals surface area contributed by atoms with Crippen molar-refractivity contribution >= 4 is 21.8 Å². The predicted molar refractivity (Wildman–Crippen MR) is 310 cm³/mol. The van der Waals surface area contributed by atoms with Gasteiger partial charge in [-0.15, -0.1) is 0 Å². The van der Waals surface area contributed by atoms with Crippen molar-refractivity contribution in [3.8, 4) is 50.9 Å². The maximum Gasteiger partial charge on any atom is 0.269 e. The van der Waals surface area contributed by atoms with Crippen molar-refractivity contribution in [1.29, 1.82) is 0 Å². The van der Waals surface area contributed by atoms with Gasteiger partial charge in [-0.1, -0.05) is 203 Å². The molecule has 0 aliphatic heterocycles. The molecule has 11 rings (SSSR count). The Kier molecular flexibility index (Phi) is 12.3. The Morgan fingerprint density at radius 3 is 1.64 bits per heavy atom. The van der Waals surface area contributed by atoms with Gasteiger partial charge in [-0.05, 0) is 128 Å². The summed E-state index contributed by atoms with van der Waals surface area (Å²) in [6.07, 6.45) is 8.08. The lowest BCUT2D eigenvalue weighted by Gasteiger charge is -2.28. The van der Waals surface area contributed by atoms with Crippen LogP contribution < -0.4 is 9.30 Å². The standard InChI is InChI=1S/C70H66N4O/c1-67(2,3)54-35-36-71-66(43-54)74-63-34-31-50(48-23-15-11-16-24-48)39-62(63)61-33-32-59(45-64(61)74)75-60-42-56(70(9,10)53-29-21-14-22-30-53)40-57(44-60)72-46-65(68(4,5)6)73(47-72)58-38-51(49-25-17-12-18-26-49)37-55(41-58)69(7,8)52-27-19-13-20-28-52/h11-46H,1-10H3. The van der Waals surface area contributed by atoms with Crippen LogP contribution in [-0.2, 0) is 21.7 Å². The molecule has 0 fully saturated rings. The maximum atomic E-state index is 7.16. The minimum atomic E-state index is -0.371. The average molecular weight is 979 g/mol. The summed E-state index contributed by atoms with van der Waals surface area (Å²) in [7, 11) is 0. The number of aromatic nitrogens is 4. The number of fused-ring (bicyclic) bond motifs is 3. The van der Waals surface area contributed by atoms with Gasteiger partial charge in [-0.2, -0.15) is 0 Å². The molecule has 5 nitrogen and oxygen atoms in total. The molecule has 8 aromatic carbocycles. The lowest BCUT2D eigenvalue weighted by molar-refractivity contribution is -0.611. The van der Waals surface area contributed by atoms with Crippen molar-refractivity contribution < 1.29 is 9.30 Å². The second-order valence-electron chi connectivity index (χ2n) is 23.3. The molecule has 75 heavy (non-hydrogen) atoms. The minimum Gasteiger partial charge on any atom is -0.458 e. The van der Waals surface area contributed by atoms with Crippen LogP contribution in [0.25, 0.3) is 61.3 Å². The molecule has 372 valence electrons. The van der Waals surface area contributed by atoms with E-state index in [1.54, 1.807) is 0 Å². The van der Waals surface area contributed by atoms with Gasteiger partial charge in [0.15, 0.2) is 0 Å². The van der Waals surface area contributed by atoms with E-state index in [2.05, 4.69) is 302 Å². The predicted octanol–water partition coefficient (Wildman–Crippen LogP) is 17.4. The van der Waals surface area contributed by atoms with Gasteiger partial charge in [-0.3, -0.25) is 13.7 Å². The van der Waals surface area contributed by atoms with Crippen LogP contribution in [0, 0.1) is 6.33 Å². The van der Waals surface area contributed by atoms with Crippen molar-refractivity contribution in [2.75, 3.05) is 0 Å². The van der Waals surface area contributed by atoms with Gasteiger partial charge < -0.3 is 4.74 Å². The van der Waals surface area contributed by atoms with Gasteiger partial charge in [0.1, 0.15) is 17.3 Å². The number of pyridine rings is 1. The van der Waals surface area contributed by atoms with Gasteiger partial charge >= 0.3 is 0 Å². The summed E-state index contributed by atoms with van der Waals surface area (Å²) in [5.74, 6) is 2.34. The van der Waals surface area contributed by atoms with E-state index in [4.69, 9.17) is 9.72 Å². The Labute approximate surface area is 443 Å². The van der Waals surface area contributed by atoms with Crippen LogP contribution in [0.2, 0.25) is 0 Å². The molecule has 0 saturated carbocycles. The summed E-state index contributed by atoms with van der Waals surface area (Å²) < 4.78 is 13.9. The van der Waals surface area contributed by atoms with E-state index in [1.807, 2.05) is 6.20 Å². The Morgan fingerprint density at radius 2 is 1.03 bits per heavy atom. The number of nitrogens with zero attached hydrogens (tertiary/aromatic N) is 4. The second-order valence-corrected chi connectivity index (χ2v) is 23.3. The summed E-state index contributed by atoms with van der Waals surface area (Å²) >= 11 is 0. The normalized spacial score (nSPS) is 12.4. The van der Waals surface area contributed by atoms with Crippen LogP contribution in [0.4, 0.5) is 0 Å². The molecule has 0 saturated heterocycles. The molecule has 0 atom stereocenters. The molecule has 0 aliphatic carbocycles. The molecular formula is C70H66N4O. The number of hydrogen-bond donors (Lipinski definition) is 0. The summed E-state index contributed by atoms with van der Waals surface area (Å²) in [4.78, 5) is 5.02. The molecule has 0 unspecified atom stereocenters. The first-order valence-corrected chi connectivity index (χ1v) is 26.3. The first-order chi connectivity index (χ1) is 35.9. The van der Waals surface area contributed by atoms with Crippen molar-refractivity contribution in [2.45, 2.75) is 90.9 Å². The van der Waals surface area contributed by atoms with Crippen LogP contribution in [-0.4, -0.2) is 14.1 Å². The summed E-state index contributed by atoms with van der Waals surface area (Å²) in [5, 5.41) is 2.29. The lowest BCUT2D eigenvalue weighted by Crippen LogP contribution is -2.39. The molecule has 0 radical (unpaired) electrons. The van der Waals surface area contributed by atoms with E-state index in [0.29, 0.717) is 0 Å². The largest absolute Gasteiger partial charge is 0.458 e. The van der Waals surface area contributed by atoms with Gasteiger partial charge in [0, 0.05) is 40.1 Å². The highest BCUT2D eigenvalue weighted by Gasteiger charge is 2.29. The molecular weight excluding hydrogens is 913 g/mol. The zero-order chi connectivity index (χ0) is 52.3. The number of ether oxygens (including phenoxy) is 1. The van der Waals surface area contributed by atoms with Crippen molar-refractivity contribution in [3.05, 3.63) is 258 Å². The lowest BCUT2D eigenvalue weighted by atomic mass is 9.77. The highest BCUT2D eigenvalue weighted by Crippen LogP contribution is 2.41. The van der Waals surface area contributed by atoms with E-state index in [0.717, 1.165) is 67.3 Å². The Bertz CT molecular complexity index is 3850. The van der Waals surface area contributed by atoms with E-state index in [-0.39, 0.29) is 21.7 Å². The molecule has 5 heteroatoms. The van der Waals surface area contributed by atoms with Crippen LogP contribution in [0.15, 0.2) is 219 Å². The van der Waals surface area contributed by atoms with Gasteiger partial charge in [-0.25, -0.2) is 4.98 Å². The van der Waals surface area contributed by atoms with Crippen LogP contribution in [0.5, 0.6) is 11.5 Å². The van der Waals surface area contributed by atoms with Crippen LogP contribution >= 0.6 is 0 Å². The topological polar surface area (TPSA) is 35.9 Å². The molecule has 0 bridgehead atoms. The third-order valence-corrected chi connectivity index (χ3v) is 15.3. The fourth-order valence-corrected chi connectivity index (χ4v) is 10.6. The zero-order valence-electron chi connectivity index (χ0n) is 45.0. The molecule has 0 N–H and O–H groups in total. The highest BCUT2D eigenvalue weighted by molar-refractivity contribution is 6.10. The smallest absolute Gasteiger partial charge is 0.269 e. The van der Waals surface area contributed by atoms with E-state index < -0.39 is 0 Å². The third kappa shape index (κ3) is 9.49. The van der Waals surface area contributed by atoms with Crippen LogP contribution in [0.1, 0.15) is 103 Å². The summed E-state index contributed by atoms with van der Waals surface area (Å²) in [5.41, 5.74) is 15.0. The molecule has 3 heterocycles. The molecule has 0 aliphatic rings. The van der Waals surface area contributed by atoms with Crippen molar-refractivity contribution in [2.24, 2.45) is 0 Å². The first-order valence-electron chi connectivity index (χ1n) is 26.3. The van der Waals surface area contributed by atoms with Gasteiger partial charge in [0.05, 0.1) is 28.1 Å². The van der Waals surface area contributed by atoms with Crippen LogP contribution in [0.3, 0.4) is 0 Å². The molecule has 11 aromatic rings. The highest BCUT2D eigenvalue weighted by atomic mass is 16.5. The number of benzene rings is 8. The summed E-state index contributed by atoms with van der Waals surface area (Å²) in [6, 6.07) is 74.2. The molecule has 3 aromatic heterocycles. The Balaban J connectivity index is 1.08. The maximum absolute atomic E-state index is 7.16. The fraction of sp³-hybridized carbons (Fsp3) is 0.200. The first kappa shape index (κ1) is 49.0. The van der Waals surface area contributed by atoms with Crippen molar-refractivity contribution in [1.82, 2.24) is 14.1 Å². The average Bonchev–Trinajstić information content (AvgIpc) is 4.03. The number of hydrogen-bond acceptors (Lipinski definition) is 2. The quantitative estimate of drug-likeness (QED) is 0.0956. The van der Waals surface area contributed by atoms with Gasteiger partial charge in [0.2, 0.25) is 0 Å². The SMILES string of the molecule is CC(C)(C)c1ccnc(-n2c3ccc(-c4ccccc4)cc3c3ccc(Oc4cc(-n5[c-][n+](-c6cc(-c7ccccc7)cc(C(C)(C)c7ccccc7)c6)c(C(C)(C)C)c5)cc(C(C)(C)c5ccccc5)c4)cc32)c1. The minimum absolute atomic E-state index is 0.0556. The molecule has 0 spiro atoms. The summed E-state index contributed by atoms with van der Waals surface area (Å²) in [6.45, 7) is 22.8. The third-order valence-electron chi connectivity index (χ3n) is 15.3. The van der Waals surface area contributed by atoms with Crippen molar-refractivity contribution in [3.63, 3.8) is 0 Å². The number of imidazole rings is 1. The van der Waals surface area contributed by atoms with E-state index >= 15 is 0 Å². The van der Waals surface area contributed by atoms with E-state index in [1.165, 1.54) is 38.9 Å². The Morgan fingerprint density at radius 1 is 0.427 bits per heavy atom. The number of rotatable bonds is 11.